The quantitative estimate of drug-likeness (QED) is 0.753. The van der Waals surface area contributed by atoms with Crippen molar-refractivity contribution in [2.75, 3.05) is 6.61 Å². The third kappa shape index (κ3) is 8.88. The number of carbonyl (C=O) groups is 3. The van der Waals surface area contributed by atoms with Crippen molar-refractivity contribution in [3.8, 4) is 0 Å². The Hall–Kier alpha value is -1.79. The molecule has 0 radical (unpaired) electrons. The van der Waals surface area contributed by atoms with Crippen molar-refractivity contribution in [2.45, 2.75) is 59.6 Å². The van der Waals surface area contributed by atoms with Crippen molar-refractivity contribution in [1.82, 2.24) is 5.32 Å². The number of esters is 1. The van der Waals surface area contributed by atoms with E-state index in [9.17, 15) is 14.4 Å². The van der Waals surface area contributed by atoms with Crippen LogP contribution in [0, 0.1) is 5.41 Å². The number of nitrogens with one attached hydrogen (secondary N) is 1. The fourth-order valence-corrected chi connectivity index (χ4v) is 1.19. The molecule has 21 heavy (non-hydrogen) atoms. The molecule has 0 spiro atoms. The first kappa shape index (κ1) is 19.2. The van der Waals surface area contributed by atoms with E-state index in [1.54, 1.807) is 41.5 Å². The molecular formula is C14H25NO6. The SMILES string of the molecule is CC(C)(C)OC(=O)N[C@@H](CCOC(=O)C(C)(C)C)C(=O)O. The molecule has 0 aliphatic rings. The van der Waals surface area contributed by atoms with Crippen LogP contribution in [0.4, 0.5) is 4.79 Å². The number of rotatable bonds is 5. The van der Waals surface area contributed by atoms with Gasteiger partial charge in [0, 0.05) is 6.42 Å². The summed E-state index contributed by atoms with van der Waals surface area (Å²) in [4.78, 5) is 34.1. The molecule has 2 N–H and O–H groups in total. The normalized spacial score (nSPS) is 13.2. The van der Waals surface area contributed by atoms with Gasteiger partial charge in [-0.05, 0) is 41.5 Å². The first-order chi connectivity index (χ1) is 9.33. The number of carboxylic acids is 1. The van der Waals surface area contributed by atoms with E-state index < -0.39 is 35.1 Å². The Balaban J connectivity index is 4.37. The van der Waals surface area contributed by atoms with E-state index in [1.807, 2.05) is 0 Å². The molecule has 0 aromatic heterocycles. The third-order valence-electron chi connectivity index (χ3n) is 2.24. The third-order valence-corrected chi connectivity index (χ3v) is 2.24. The van der Waals surface area contributed by atoms with Crippen LogP contribution in [0.1, 0.15) is 48.0 Å². The van der Waals surface area contributed by atoms with Crippen LogP contribution in [0.2, 0.25) is 0 Å². The maximum Gasteiger partial charge on any atom is 0.408 e. The largest absolute Gasteiger partial charge is 0.480 e. The van der Waals surface area contributed by atoms with Gasteiger partial charge in [0.2, 0.25) is 0 Å². The van der Waals surface area contributed by atoms with Gasteiger partial charge in [0.25, 0.3) is 0 Å². The van der Waals surface area contributed by atoms with E-state index in [0.717, 1.165) is 0 Å². The summed E-state index contributed by atoms with van der Waals surface area (Å²) in [6.07, 6.45) is -0.854. The van der Waals surface area contributed by atoms with E-state index >= 15 is 0 Å². The lowest BCUT2D eigenvalue weighted by Crippen LogP contribution is -2.44. The number of carbonyl (C=O) groups excluding carboxylic acids is 2. The van der Waals surface area contributed by atoms with Gasteiger partial charge in [-0.25, -0.2) is 9.59 Å². The second-order valence-corrected chi connectivity index (χ2v) is 6.71. The second kappa shape index (κ2) is 7.28. The molecule has 0 aliphatic carbocycles. The molecule has 0 rings (SSSR count). The first-order valence-electron chi connectivity index (χ1n) is 6.72. The summed E-state index contributed by atoms with van der Waals surface area (Å²) in [5.74, 6) is -1.64. The van der Waals surface area contributed by atoms with Crippen LogP contribution in [0.3, 0.4) is 0 Å². The van der Waals surface area contributed by atoms with Crippen LogP contribution in [-0.2, 0) is 19.1 Å². The van der Waals surface area contributed by atoms with Crippen LogP contribution in [0.25, 0.3) is 0 Å². The average molecular weight is 303 g/mol. The zero-order valence-corrected chi connectivity index (χ0v) is 13.5. The number of amides is 1. The highest BCUT2D eigenvalue weighted by molar-refractivity contribution is 5.80. The predicted octanol–water partition coefficient (Wildman–Crippen LogP) is 1.94. The van der Waals surface area contributed by atoms with Crippen molar-refractivity contribution in [2.24, 2.45) is 5.41 Å². The van der Waals surface area contributed by atoms with Gasteiger partial charge in [0.1, 0.15) is 11.6 Å². The number of alkyl carbamates (subject to hydrolysis) is 1. The lowest BCUT2D eigenvalue weighted by Gasteiger charge is -2.22. The van der Waals surface area contributed by atoms with Crippen LogP contribution in [-0.4, -0.2) is 41.4 Å². The van der Waals surface area contributed by atoms with Crippen molar-refractivity contribution in [1.29, 1.82) is 0 Å². The summed E-state index contributed by atoms with van der Waals surface area (Å²) >= 11 is 0. The monoisotopic (exact) mass is 303 g/mol. The molecule has 0 saturated carbocycles. The highest BCUT2D eigenvalue weighted by Gasteiger charge is 2.26. The molecule has 1 amide bonds. The summed E-state index contributed by atoms with van der Waals surface area (Å²) in [5, 5.41) is 11.3. The fraction of sp³-hybridized carbons (Fsp3) is 0.786. The predicted molar refractivity (Wildman–Crippen MR) is 75.8 cm³/mol. The van der Waals surface area contributed by atoms with Crippen molar-refractivity contribution >= 4 is 18.0 Å². The molecule has 122 valence electrons. The van der Waals surface area contributed by atoms with Gasteiger partial charge in [0.15, 0.2) is 0 Å². The molecule has 0 aromatic rings. The van der Waals surface area contributed by atoms with Crippen molar-refractivity contribution in [3.05, 3.63) is 0 Å². The van der Waals surface area contributed by atoms with E-state index in [2.05, 4.69) is 5.32 Å². The fourth-order valence-electron chi connectivity index (χ4n) is 1.19. The van der Waals surface area contributed by atoms with Gasteiger partial charge >= 0.3 is 18.0 Å². The van der Waals surface area contributed by atoms with Crippen LogP contribution < -0.4 is 5.32 Å². The van der Waals surface area contributed by atoms with Gasteiger partial charge in [-0.2, -0.15) is 0 Å². The summed E-state index contributed by atoms with van der Waals surface area (Å²) in [6, 6.07) is -1.17. The number of hydrogen-bond donors (Lipinski definition) is 2. The number of hydrogen-bond acceptors (Lipinski definition) is 5. The number of aliphatic carboxylic acids is 1. The Labute approximate surface area is 125 Å². The summed E-state index contributed by atoms with van der Waals surface area (Å²) in [5.41, 5.74) is -1.37. The number of ether oxygens (including phenoxy) is 2. The maximum atomic E-state index is 11.5. The molecule has 7 heteroatoms. The molecule has 0 fully saturated rings. The van der Waals surface area contributed by atoms with Crippen LogP contribution in [0.5, 0.6) is 0 Å². The first-order valence-corrected chi connectivity index (χ1v) is 6.72. The molecular weight excluding hydrogens is 278 g/mol. The Morgan fingerprint density at radius 2 is 1.62 bits per heavy atom. The number of carboxylic acid groups (broad SMARTS) is 1. The van der Waals surface area contributed by atoms with Crippen LogP contribution >= 0.6 is 0 Å². The van der Waals surface area contributed by atoms with Gasteiger partial charge in [-0.1, -0.05) is 0 Å². The smallest absolute Gasteiger partial charge is 0.408 e. The highest BCUT2D eigenvalue weighted by Crippen LogP contribution is 2.15. The lowest BCUT2D eigenvalue weighted by atomic mass is 9.97. The van der Waals surface area contributed by atoms with E-state index in [-0.39, 0.29) is 13.0 Å². The second-order valence-electron chi connectivity index (χ2n) is 6.71. The van der Waals surface area contributed by atoms with E-state index in [1.165, 1.54) is 0 Å². The topological polar surface area (TPSA) is 102 Å². The summed E-state index contributed by atoms with van der Waals surface area (Å²) < 4.78 is 9.95. The van der Waals surface area contributed by atoms with Gasteiger partial charge in [-0.3, -0.25) is 4.79 Å². The zero-order valence-electron chi connectivity index (χ0n) is 13.5. The molecule has 0 bridgehead atoms. The molecule has 7 nitrogen and oxygen atoms in total. The van der Waals surface area contributed by atoms with Crippen LogP contribution in [0.15, 0.2) is 0 Å². The Morgan fingerprint density at radius 1 is 1.10 bits per heavy atom. The van der Waals surface area contributed by atoms with Crippen molar-refractivity contribution in [3.63, 3.8) is 0 Å². The van der Waals surface area contributed by atoms with Gasteiger partial charge in [-0.15, -0.1) is 0 Å². The molecule has 0 aromatic carbocycles. The van der Waals surface area contributed by atoms with E-state index in [0.29, 0.717) is 0 Å². The summed E-state index contributed by atoms with van der Waals surface area (Å²) in [7, 11) is 0. The standard InChI is InChI=1S/C14H25NO6/c1-13(2,3)11(18)20-8-7-9(10(16)17)15-12(19)21-14(4,5)6/h9H,7-8H2,1-6H3,(H,15,19)(H,16,17)/t9-/m0/s1. The van der Waals surface area contributed by atoms with Gasteiger partial charge in [0.05, 0.1) is 12.0 Å². The minimum absolute atomic E-state index is 0.0314. The molecule has 0 unspecified atom stereocenters. The molecule has 0 saturated heterocycles. The Morgan fingerprint density at radius 3 is 2.00 bits per heavy atom. The summed E-state index contributed by atoms with van der Waals surface area (Å²) in [6.45, 7) is 10.0. The zero-order chi connectivity index (χ0) is 16.8. The molecule has 0 aliphatic heterocycles. The highest BCUT2D eigenvalue weighted by atomic mass is 16.6. The minimum atomic E-state index is -1.22. The maximum absolute atomic E-state index is 11.5. The molecule has 1 atom stereocenters. The van der Waals surface area contributed by atoms with Crippen molar-refractivity contribution < 1.29 is 29.0 Å². The van der Waals surface area contributed by atoms with E-state index in [4.69, 9.17) is 14.6 Å². The Kier molecular flexibility index (Phi) is 6.66. The van der Waals surface area contributed by atoms with Gasteiger partial charge < -0.3 is 19.9 Å². The lowest BCUT2D eigenvalue weighted by molar-refractivity contribution is -0.154. The Bertz CT molecular complexity index is 391. The molecule has 0 heterocycles. The minimum Gasteiger partial charge on any atom is -0.480 e. The average Bonchev–Trinajstić information content (AvgIpc) is 2.23.